The van der Waals surface area contributed by atoms with Crippen molar-refractivity contribution < 1.29 is 4.79 Å². The summed E-state index contributed by atoms with van der Waals surface area (Å²) < 4.78 is 4.22. The Morgan fingerprint density at radius 1 is 0.868 bits per heavy atom. The fourth-order valence-corrected chi connectivity index (χ4v) is 5.35. The molecule has 6 rings (SSSR count). The summed E-state index contributed by atoms with van der Waals surface area (Å²) in [6.45, 7) is 4.68. The number of amides is 2. The molecule has 1 aliphatic heterocycles. The molecule has 38 heavy (non-hydrogen) atoms. The minimum Gasteiger partial charge on any atom is -0.308 e. The SMILES string of the molecule is CCc1ccc(NC(=O)N2Cc3c(CC)nn(-c4ccccc4)c3-n3cccc3[C@H]2c2ccccc2)cc1. The molecule has 5 aromatic rings. The van der Waals surface area contributed by atoms with Crippen LogP contribution >= 0.6 is 0 Å². The van der Waals surface area contributed by atoms with Crippen molar-refractivity contribution in [2.45, 2.75) is 39.3 Å². The molecule has 0 spiro atoms. The van der Waals surface area contributed by atoms with Crippen LogP contribution in [-0.2, 0) is 19.4 Å². The fraction of sp³-hybridized carbons (Fsp3) is 0.188. The quantitative estimate of drug-likeness (QED) is 0.284. The number of nitrogens with one attached hydrogen (secondary N) is 1. The number of fused-ring (bicyclic) bond motifs is 3. The van der Waals surface area contributed by atoms with Crippen LogP contribution in [0.1, 0.15) is 48.0 Å². The highest BCUT2D eigenvalue weighted by Gasteiger charge is 2.36. The normalized spacial score (nSPS) is 14.5. The van der Waals surface area contributed by atoms with Gasteiger partial charge in [0.2, 0.25) is 0 Å². The summed E-state index contributed by atoms with van der Waals surface area (Å²) in [5, 5.41) is 8.20. The molecule has 0 saturated heterocycles. The van der Waals surface area contributed by atoms with Crippen molar-refractivity contribution in [2.75, 3.05) is 5.32 Å². The number of rotatable bonds is 5. The number of para-hydroxylation sites is 1. The Balaban J connectivity index is 1.51. The van der Waals surface area contributed by atoms with E-state index in [1.54, 1.807) is 0 Å². The van der Waals surface area contributed by atoms with Crippen molar-refractivity contribution >= 4 is 11.7 Å². The average molecular weight is 502 g/mol. The zero-order valence-electron chi connectivity index (χ0n) is 21.7. The summed E-state index contributed by atoms with van der Waals surface area (Å²) in [7, 11) is 0. The summed E-state index contributed by atoms with van der Waals surface area (Å²) >= 11 is 0. The average Bonchev–Trinajstić information content (AvgIpc) is 3.55. The van der Waals surface area contributed by atoms with Gasteiger partial charge in [-0.2, -0.15) is 5.10 Å². The lowest BCUT2D eigenvalue weighted by Gasteiger charge is -2.31. The number of hydrogen-bond donors (Lipinski definition) is 1. The van der Waals surface area contributed by atoms with Crippen LogP contribution in [0, 0.1) is 0 Å². The molecule has 2 aromatic heterocycles. The molecule has 1 N–H and O–H groups in total. The molecular formula is C32H31N5O. The van der Waals surface area contributed by atoms with Crippen LogP contribution in [0.3, 0.4) is 0 Å². The molecule has 6 nitrogen and oxygen atoms in total. The number of benzene rings is 3. The molecule has 6 heteroatoms. The lowest BCUT2D eigenvalue weighted by Crippen LogP contribution is -2.38. The molecule has 0 fully saturated rings. The number of nitrogens with zero attached hydrogens (tertiary/aromatic N) is 4. The lowest BCUT2D eigenvalue weighted by atomic mass is 10.0. The second-order valence-electron chi connectivity index (χ2n) is 9.57. The van der Waals surface area contributed by atoms with Crippen molar-refractivity contribution in [1.29, 1.82) is 0 Å². The molecule has 3 heterocycles. The van der Waals surface area contributed by atoms with Gasteiger partial charge in [-0.3, -0.25) is 0 Å². The standard InChI is InChI=1S/C32H31N5O/c1-3-23-17-19-25(20-18-23)33-32(38)36-22-27-28(4-2)34-37(26-14-9-6-10-15-26)31(27)35-21-11-16-29(35)30(36)24-12-7-5-8-13-24/h5-21,30H,3-4,22H2,1-2H3,(H,33,38)/t30-/m1/s1. The first-order chi connectivity index (χ1) is 18.7. The van der Waals surface area contributed by atoms with Gasteiger partial charge in [-0.25, -0.2) is 9.48 Å². The first-order valence-corrected chi connectivity index (χ1v) is 13.2. The second kappa shape index (κ2) is 10.1. The molecule has 0 unspecified atom stereocenters. The molecule has 1 aliphatic rings. The topological polar surface area (TPSA) is 55.1 Å². The van der Waals surface area contributed by atoms with Gasteiger partial charge in [0, 0.05) is 17.4 Å². The van der Waals surface area contributed by atoms with E-state index in [0.29, 0.717) is 6.54 Å². The number of carbonyl (C=O) groups is 1. The van der Waals surface area contributed by atoms with Crippen LogP contribution in [0.15, 0.2) is 103 Å². The van der Waals surface area contributed by atoms with E-state index >= 15 is 0 Å². The van der Waals surface area contributed by atoms with Crippen LogP contribution in [0.25, 0.3) is 11.5 Å². The first-order valence-electron chi connectivity index (χ1n) is 13.2. The number of hydrogen-bond acceptors (Lipinski definition) is 2. The summed E-state index contributed by atoms with van der Waals surface area (Å²) in [4.78, 5) is 16.0. The molecule has 3 aromatic carbocycles. The van der Waals surface area contributed by atoms with Gasteiger partial charge in [0.25, 0.3) is 0 Å². The molecule has 2 amide bonds. The minimum absolute atomic E-state index is 0.141. The Bertz CT molecular complexity index is 1550. The summed E-state index contributed by atoms with van der Waals surface area (Å²) in [5.74, 6) is 0.983. The highest BCUT2D eigenvalue weighted by Crippen LogP contribution is 2.39. The molecule has 0 bridgehead atoms. The van der Waals surface area contributed by atoms with Crippen LogP contribution in [0.2, 0.25) is 0 Å². The van der Waals surface area contributed by atoms with Crippen molar-refractivity contribution in [3.05, 3.63) is 131 Å². The fourth-order valence-electron chi connectivity index (χ4n) is 5.35. The predicted molar refractivity (Wildman–Crippen MR) is 151 cm³/mol. The predicted octanol–water partition coefficient (Wildman–Crippen LogP) is 6.92. The molecule has 0 saturated carbocycles. The second-order valence-corrected chi connectivity index (χ2v) is 9.57. The van der Waals surface area contributed by atoms with Gasteiger partial charge in [0.15, 0.2) is 0 Å². The van der Waals surface area contributed by atoms with E-state index in [0.717, 1.165) is 52.5 Å². The van der Waals surface area contributed by atoms with E-state index in [2.05, 4.69) is 72.4 Å². The van der Waals surface area contributed by atoms with Gasteiger partial charge in [-0.1, -0.05) is 74.5 Å². The molecule has 190 valence electrons. The third kappa shape index (κ3) is 4.18. The summed E-state index contributed by atoms with van der Waals surface area (Å²) in [6, 6.07) is 32.3. The van der Waals surface area contributed by atoms with Gasteiger partial charge in [-0.05, 0) is 60.4 Å². The Morgan fingerprint density at radius 3 is 2.26 bits per heavy atom. The van der Waals surface area contributed by atoms with Gasteiger partial charge in [-0.15, -0.1) is 0 Å². The Labute approximate surface area is 223 Å². The molecule has 1 atom stereocenters. The van der Waals surface area contributed by atoms with E-state index in [1.165, 1.54) is 5.56 Å². The maximum Gasteiger partial charge on any atom is 0.322 e. The van der Waals surface area contributed by atoms with E-state index in [9.17, 15) is 4.79 Å². The Morgan fingerprint density at radius 2 is 1.58 bits per heavy atom. The Hall–Kier alpha value is -4.58. The van der Waals surface area contributed by atoms with Crippen LogP contribution in [0.5, 0.6) is 0 Å². The van der Waals surface area contributed by atoms with Crippen molar-refractivity contribution in [2.24, 2.45) is 0 Å². The maximum absolute atomic E-state index is 14.1. The summed E-state index contributed by atoms with van der Waals surface area (Å²) in [5.41, 5.74) is 7.15. The zero-order valence-corrected chi connectivity index (χ0v) is 21.7. The molecule has 0 radical (unpaired) electrons. The van der Waals surface area contributed by atoms with Gasteiger partial charge in [0.05, 0.1) is 29.7 Å². The van der Waals surface area contributed by atoms with E-state index < -0.39 is 0 Å². The van der Waals surface area contributed by atoms with Gasteiger partial charge < -0.3 is 14.8 Å². The highest BCUT2D eigenvalue weighted by atomic mass is 16.2. The Kier molecular flexibility index (Phi) is 6.30. The van der Waals surface area contributed by atoms with Crippen LogP contribution in [-0.4, -0.2) is 25.3 Å². The summed E-state index contributed by atoms with van der Waals surface area (Å²) in [6.07, 6.45) is 3.81. The number of urea groups is 1. The number of aryl methyl sites for hydroxylation is 2. The van der Waals surface area contributed by atoms with Crippen LogP contribution < -0.4 is 5.32 Å². The van der Waals surface area contributed by atoms with Crippen molar-refractivity contribution in [1.82, 2.24) is 19.2 Å². The third-order valence-corrected chi connectivity index (χ3v) is 7.29. The van der Waals surface area contributed by atoms with E-state index in [4.69, 9.17) is 5.10 Å². The maximum atomic E-state index is 14.1. The number of aromatic nitrogens is 3. The zero-order chi connectivity index (χ0) is 26.1. The molecular weight excluding hydrogens is 470 g/mol. The number of carbonyl (C=O) groups excluding carboxylic acids is 1. The van der Waals surface area contributed by atoms with Crippen molar-refractivity contribution in [3.63, 3.8) is 0 Å². The molecule has 0 aliphatic carbocycles. The monoisotopic (exact) mass is 501 g/mol. The number of anilines is 1. The third-order valence-electron chi connectivity index (χ3n) is 7.29. The van der Waals surface area contributed by atoms with Crippen LogP contribution in [0.4, 0.5) is 10.5 Å². The lowest BCUT2D eigenvalue weighted by molar-refractivity contribution is 0.194. The first kappa shape index (κ1) is 23.8. The van der Waals surface area contributed by atoms with Gasteiger partial charge in [0.1, 0.15) is 5.82 Å². The van der Waals surface area contributed by atoms with E-state index in [-0.39, 0.29) is 12.1 Å². The van der Waals surface area contributed by atoms with E-state index in [1.807, 2.05) is 64.2 Å². The highest BCUT2D eigenvalue weighted by molar-refractivity contribution is 5.90. The minimum atomic E-state index is -0.276. The van der Waals surface area contributed by atoms with Crippen molar-refractivity contribution in [3.8, 4) is 11.5 Å². The van der Waals surface area contributed by atoms with Gasteiger partial charge >= 0.3 is 6.03 Å². The largest absolute Gasteiger partial charge is 0.322 e. The smallest absolute Gasteiger partial charge is 0.308 e.